The maximum atomic E-state index is 9.86. The summed E-state index contributed by atoms with van der Waals surface area (Å²) in [5, 5.41) is 9.86. The van der Waals surface area contributed by atoms with Crippen molar-refractivity contribution in [1.82, 2.24) is 0 Å². The van der Waals surface area contributed by atoms with Crippen LogP contribution < -0.4 is 11.5 Å². The van der Waals surface area contributed by atoms with Crippen molar-refractivity contribution in [2.45, 2.75) is 11.3 Å². The first-order valence-corrected chi connectivity index (χ1v) is 5.01. The molecule has 3 nitrogen and oxygen atoms in total. The highest BCUT2D eigenvalue weighted by atomic mass is 32.1. The van der Waals surface area contributed by atoms with Crippen molar-refractivity contribution >= 4 is 24.4 Å². The molecule has 15 heavy (non-hydrogen) atoms. The van der Waals surface area contributed by atoms with E-state index >= 15 is 0 Å². The van der Waals surface area contributed by atoms with Gasteiger partial charge in [-0.2, -0.15) is 0 Å². The number of phenols is 1. The van der Waals surface area contributed by atoms with E-state index in [0.29, 0.717) is 22.7 Å². The second-order valence-electron chi connectivity index (χ2n) is 3.48. The average molecular weight is 220 g/mol. The number of nitrogen functional groups attached to an aromatic ring is 1. The highest BCUT2D eigenvalue weighted by Gasteiger charge is 2.13. The van der Waals surface area contributed by atoms with Crippen molar-refractivity contribution < 1.29 is 5.11 Å². The molecule has 0 fully saturated rings. The van der Waals surface area contributed by atoms with E-state index in [0.717, 1.165) is 11.1 Å². The van der Waals surface area contributed by atoms with Crippen molar-refractivity contribution in [1.29, 1.82) is 0 Å². The zero-order valence-corrected chi connectivity index (χ0v) is 8.96. The van der Waals surface area contributed by atoms with Gasteiger partial charge in [0.15, 0.2) is 0 Å². The largest absolute Gasteiger partial charge is 0.505 e. The van der Waals surface area contributed by atoms with E-state index in [9.17, 15) is 5.11 Å². The van der Waals surface area contributed by atoms with Crippen LogP contribution in [0.25, 0.3) is 6.08 Å². The van der Waals surface area contributed by atoms with Gasteiger partial charge in [-0.15, -0.1) is 12.6 Å². The molecule has 1 aliphatic rings. The molecular formula is C11H12N2OS. The molecule has 2 rings (SSSR count). The first kappa shape index (κ1) is 9.98. The predicted octanol–water partition coefficient (Wildman–Crippen LogP) is 1.68. The Kier molecular flexibility index (Phi) is 2.36. The van der Waals surface area contributed by atoms with Crippen LogP contribution in [-0.2, 0) is 6.42 Å². The maximum absolute atomic E-state index is 9.86. The van der Waals surface area contributed by atoms with Crippen LogP contribution in [0.15, 0.2) is 28.8 Å². The Balaban J connectivity index is 2.70. The second-order valence-corrected chi connectivity index (χ2v) is 3.96. The van der Waals surface area contributed by atoms with E-state index in [2.05, 4.69) is 12.6 Å². The molecule has 1 aliphatic carbocycles. The number of nitrogens with two attached hydrogens (primary N) is 2. The summed E-state index contributed by atoms with van der Waals surface area (Å²) in [6, 6.07) is 1.81. The van der Waals surface area contributed by atoms with Crippen molar-refractivity contribution in [2.75, 3.05) is 5.73 Å². The first-order valence-electron chi connectivity index (χ1n) is 4.56. The van der Waals surface area contributed by atoms with Gasteiger partial charge in [-0.05, 0) is 30.2 Å². The third-order valence-electron chi connectivity index (χ3n) is 2.41. The van der Waals surface area contributed by atoms with Crippen LogP contribution >= 0.6 is 12.6 Å². The van der Waals surface area contributed by atoms with Gasteiger partial charge in [0, 0.05) is 16.2 Å². The molecule has 1 aromatic rings. The Hall–Kier alpha value is -1.55. The van der Waals surface area contributed by atoms with Gasteiger partial charge in [0.25, 0.3) is 0 Å². The number of benzene rings is 1. The lowest BCUT2D eigenvalue weighted by atomic mass is 10.0. The number of hydrogen-bond donors (Lipinski definition) is 4. The van der Waals surface area contributed by atoms with Gasteiger partial charge in [0.05, 0.1) is 5.69 Å². The molecule has 0 amide bonds. The van der Waals surface area contributed by atoms with E-state index in [1.807, 2.05) is 18.2 Å². The van der Waals surface area contributed by atoms with Gasteiger partial charge in [-0.3, -0.25) is 0 Å². The van der Waals surface area contributed by atoms with E-state index in [-0.39, 0.29) is 5.75 Å². The minimum absolute atomic E-state index is 0.105. The number of phenolic OH excluding ortho intramolecular Hbond substituents is 1. The van der Waals surface area contributed by atoms with Crippen molar-refractivity contribution in [3.63, 3.8) is 0 Å². The number of anilines is 1. The van der Waals surface area contributed by atoms with Crippen LogP contribution in [0.3, 0.4) is 0 Å². The van der Waals surface area contributed by atoms with Crippen LogP contribution in [0, 0.1) is 0 Å². The van der Waals surface area contributed by atoms with Crippen LogP contribution in [-0.4, -0.2) is 5.11 Å². The fourth-order valence-corrected chi connectivity index (χ4v) is 1.86. The normalized spacial score (nSPS) is 14.3. The predicted molar refractivity (Wildman–Crippen MR) is 64.8 cm³/mol. The van der Waals surface area contributed by atoms with Gasteiger partial charge in [0.2, 0.25) is 0 Å². The van der Waals surface area contributed by atoms with Crippen LogP contribution in [0.2, 0.25) is 0 Å². The van der Waals surface area contributed by atoms with Crippen LogP contribution in [0.4, 0.5) is 5.69 Å². The van der Waals surface area contributed by atoms with E-state index in [1.165, 1.54) is 0 Å². The molecule has 0 heterocycles. The van der Waals surface area contributed by atoms with E-state index in [1.54, 1.807) is 6.08 Å². The number of hydrogen-bond acceptors (Lipinski definition) is 4. The molecule has 0 saturated carbocycles. The molecule has 0 radical (unpaired) electrons. The Morgan fingerprint density at radius 1 is 1.33 bits per heavy atom. The summed E-state index contributed by atoms with van der Waals surface area (Å²) in [5.74, 6) is 0.105. The van der Waals surface area contributed by atoms with E-state index < -0.39 is 0 Å². The first-order chi connectivity index (χ1) is 7.09. The minimum Gasteiger partial charge on any atom is -0.505 e. The minimum atomic E-state index is 0.105. The summed E-state index contributed by atoms with van der Waals surface area (Å²) in [7, 11) is 0. The fourth-order valence-electron chi connectivity index (χ4n) is 1.62. The molecule has 0 aromatic heterocycles. The fraction of sp³-hybridized carbons (Fsp3) is 0.0909. The molecule has 0 spiro atoms. The van der Waals surface area contributed by atoms with Crippen LogP contribution in [0.1, 0.15) is 11.1 Å². The Bertz CT molecular complexity index is 478. The number of aromatic hydroxyl groups is 1. The molecule has 0 bridgehead atoms. The molecule has 0 saturated heterocycles. The Morgan fingerprint density at radius 2 is 2.07 bits per heavy atom. The third-order valence-corrected chi connectivity index (χ3v) is 2.78. The molecule has 0 atom stereocenters. The van der Waals surface area contributed by atoms with Gasteiger partial charge in [-0.1, -0.05) is 6.08 Å². The van der Waals surface area contributed by atoms with Gasteiger partial charge in [0.1, 0.15) is 5.75 Å². The molecule has 1 aromatic carbocycles. The molecular weight excluding hydrogens is 208 g/mol. The van der Waals surface area contributed by atoms with Crippen molar-refractivity contribution in [3.05, 3.63) is 35.0 Å². The number of thiol groups is 1. The Morgan fingerprint density at radius 3 is 2.80 bits per heavy atom. The van der Waals surface area contributed by atoms with Gasteiger partial charge in [-0.25, -0.2) is 0 Å². The summed E-state index contributed by atoms with van der Waals surface area (Å²) >= 11 is 4.19. The summed E-state index contributed by atoms with van der Waals surface area (Å²) in [5.41, 5.74) is 14.1. The molecule has 0 unspecified atom stereocenters. The number of allylic oxidation sites excluding steroid dienone is 2. The molecule has 4 heteroatoms. The smallest absolute Gasteiger partial charge is 0.143 e. The topological polar surface area (TPSA) is 72.3 Å². The zero-order chi connectivity index (χ0) is 11.0. The Labute approximate surface area is 93.5 Å². The second kappa shape index (κ2) is 3.55. The van der Waals surface area contributed by atoms with Crippen LogP contribution in [0.5, 0.6) is 5.75 Å². The van der Waals surface area contributed by atoms with E-state index in [4.69, 9.17) is 11.5 Å². The lowest BCUT2D eigenvalue weighted by molar-refractivity contribution is 0.471. The highest BCUT2D eigenvalue weighted by molar-refractivity contribution is 7.80. The SMILES string of the molecule is NC1=Cc2cc(S)c(N)c(O)c2CC=C1. The molecule has 78 valence electrons. The lowest BCUT2D eigenvalue weighted by Crippen LogP contribution is -1.96. The van der Waals surface area contributed by atoms with Gasteiger partial charge < -0.3 is 16.6 Å². The van der Waals surface area contributed by atoms with Gasteiger partial charge >= 0.3 is 0 Å². The highest BCUT2D eigenvalue weighted by Crippen LogP contribution is 2.36. The monoisotopic (exact) mass is 220 g/mol. The third kappa shape index (κ3) is 1.68. The zero-order valence-electron chi connectivity index (χ0n) is 8.07. The molecule has 5 N–H and O–H groups in total. The maximum Gasteiger partial charge on any atom is 0.143 e. The van der Waals surface area contributed by atoms with Crippen molar-refractivity contribution in [2.24, 2.45) is 5.73 Å². The average Bonchev–Trinajstić information content (AvgIpc) is 2.36. The summed E-state index contributed by atoms with van der Waals surface area (Å²) < 4.78 is 0. The summed E-state index contributed by atoms with van der Waals surface area (Å²) in [6.45, 7) is 0. The quantitative estimate of drug-likeness (QED) is 0.305. The van der Waals surface area contributed by atoms with Crippen molar-refractivity contribution in [3.8, 4) is 5.75 Å². The molecule has 0 aliphatic heterocycles. The number of rotatable bonds is 0. The number of fused-ring (bicyclic) bond motifs is 1. The summed E-state index contributed by atoms with van der Waals surface area (Å²) in [6.07, 6.45) is 6.14. The lowest BCUT2D eigenvalue weighted by Gasteiger charge is -2.10. The standard InChI is InChI=1S/C11H12N2OS/c12-7-2-1-3-8-6(4-7)5-9(15)10(13)11(8)14/h1-2,4-5,14-15H,3,12-13H2. The summed E-state index contributed by atoms with van der Waals surface area (Å²) in [4.78, 5) is 0.567.